The third kappa shape index (κ3) is 6.06. The number of carbonyl (C=O) groups is 1. The van der Waals surface area contributed by atoms with Gasteiger partial charge in [-0.3, -0.25) is 4.79 Å². The second kappa shape index (κ2) is 9.66. The van der Waals surface area contributed by atoms with Crippen molar-refractivity contribution >= 4 is 5.91 Å². The zero-order chi connectivity index (χ0) is 18.9. The van der Waals surface area contributed by atoms with Crippen molar-refractivity contribution < 1.29 is 9.21 Å². The van der Waals surface area contributed by atoms with Gasteiger partial charge in [-0.05, 0) is 24.8 Å². The topological polar surface area (TPSA) is 87.9 Å². The van der Waals surface area contributed by atoms with E-state index in [2.05, 4.69) is 44.4 Å². The maximum Gasteiger partial charge on any atom is 0.223 e. The lowest BCUT2D eigenvalue weighted by Crippen LogP contribution is -2.26. The summed E-state index contributed by atoms with van der Waals surface area (Å²) in [6.07, 6.45) is 8.12. The zero-order valence-electron chi connectivity index (χ0n) is 15.6. The van der Waals surface area contributed by atoms with Gasteiger partial charge in [0, 0.05) is 38.7 Å². The molecule has 27 heavy (non-hydrogen) atoms. The first-order chi connectivity index (χ1) is 13.2. The third-order valence-electron chi connectivity index (χ3n) is 4.38. The van der Waals surface area contributed by atoms with Crippen LogP contribution in [-0.2, 0) is 30.6 Å². The summed E-state index contributed by atoms with van der Waals surface area (Å²) in [6.45, 7) is 0.461. The molecule has 2 heterocycles. The summed E-state index contributed by atoms with van der Waals surface area (Å²) in [5.41, 5.74) is 1.35. The summed E-state index contributed by atoms with van der Waals surface area (Å²) < 4.78 is 5.66. The Morgan fingerprint density at radius 3 is 2.56 bits per heavy atom. The van der Waals surface area contributed by atoms with Crippen LogP contribution in [0.25, 0.3) is 0 Å². The second-order valence-electron chi connectivity index (χ2n) is 6.57. The molecule has 7 heteroatoms. The fraction of sp³-hybridized carbons (Fsp3) is 0.400. The van der Waals surface area contributed by atoms with Crippen molar-refractivity contribution in [1.29, 1.82) is 0 Å². The first-order valence-corrected chi connectivity index (χ1v) is 9.28. The smallest absolute Gasteiger partial charge is 0.223 e. The fourth-order valence-electron chi connectivity index (χ4n) is 2.84. The summed E-state index contributed by atoms with van der Waals surface area (Å²) in [5.74, 6) is 1.96. The number of H-pyrrole nitrogens is 1. The van der Waals surface area contributed by atoms with Crippen molar-refractivity contribution in [3.8, 4) is 0 Å². The highest BCUT2D eigenvalue weighted by Gasteiger charge is 2.13. The summed E-state index contributed by atoms with van der Waals surface area (Å²) in [5, 5.41) is 8.14. The first-order valence-electron chi connectivity index (χ1n) is 9.28. The zero-order valence-corrected chi connectivity index (χ0v) is 15.6. The van der Waals surface area contributed by atoms with E-state index in [1.54, 1.807) is 24.3 Å². The van der Waals surface area contributed by atoms with Crippen molar-refractivity contribution in [3.05, 3.63) is 65.9 Å². The number of carbonyl (C=O) groups excluding carboxylic acids is 1. The number of nitrogens with one attached hydrogen (secondary N) is 1. The highest BCUT2D eigenvalue weighted by Crippen LogP contribution is 2.10. The Balaban J connectivity index is 1.35. The average Bonchev–Trinajstić information content (AvgIpc) is 3.36. The number of amides is 1. The van der Waals surface area contributed by atoms with Gasteiger partial charge in [0.25, 0.3) is 0 Å². The number of aromatic amines is 1. The lowest BCUT2D eigenvalue weighted by Gasteiger charge is -2.14. The normalized spacial score (nSPS) is 10.9. The minimum absolute atomic E-state index is 0.0222. The Morgan fingerprint density at radius 2 is 1.81 bits per heavy atom. The van der Waals surface area contributed by atoms with E-state index in [0.717, 1.165) is 31.5 Å². The Kier molecular flexibility index (Phi) is 6.73. The van der Waals surface area contributed by atoms with E-state index in [-0.39, 0.29) is 5.91 Å². The van der Waals surface area contributed by atoms with Gasteiger partial charge in [-0.15, -0.1) is 10.2 Å². The number of hydrogen-bond donors (Lipinski definition) is 1. The molecule has 0 fully saturated rings. The number of unbranched alkanes of at least 4 members (excludes halogenated alkanes) is 1. The van der Waals surface area contributed by atoms with Crippen molar-refractivity contribution in [2.24, 2.45) is 0 Å². The van der Waals surface area contributed by atoms with Gasteiger partial charge >= 0.3 is 0 Å². The lowest BCUT2D eigenvalue weighted by atomic mass is 10.1. The summed E-state index contributed by atoms with van der Waals surface area (Å²) >= 11 is 0. The van der Waals surface area contributed by atoms with E-state index >= 15 is 0 Å². The largest absolute Gasteiger partial charge is 0.425 e. The number of aryl methyl sites for hydroxylation is 3. The summed E-state index contributed by atoms with van der Waals surface area (Å²) in [6, 6.07) is 10.4. The van der Waals surface area contributed by atoms with Crippen LogP contribution in [0.2, 0.25) is 0 Å². The van der Waals surface area contributed by atoms with Crippen LogP contribution in [0, 0.1) is 0 Å². The van der Waals surface area contributed by atoms with Gasteiger partial charge in [0.05, 0.1) is 6.54 Å². The van der Waals surface area contributed by atoms with Crippen LogP contribution in [0.3, 0.4) is 0 Å². The minimum atomic E-state index is 0.0222. The Labute approximate surface area is 158 Å². The van der Waals surface area contributed by atoms with Crippen molar-refractivity contribution in [3.63, 3.8) is 0 Å². The van der Waals surface area contributed by atoms with Crippen LogP contribution >= 0.6 is 0 Å². The molecule has 0 unspecified atom stereocenters. The fourth-order valence-corrected chi connectivity index (χ4v) is 2.84. The number of benzene rings is 1. The number of hydrogen-bond acceptors (Lipinski definition) is 5. The SMILES string of the molecule is CN(Cc1ncc[nH]1)C(=O)CCc1nnc(CCCCc2ccccc2)o1. The van der Waals surface area contributed by atoms with Gasteiger partial charge < -0.3 is 14.3 Å². The van der Waals surface area contributed by atoms with Gasteiger partial charge in [0.1, 0.15) is 5.82 Å². The highest BCUT2D eigenvalue weighted by molar-refractivity contribution is 5.75. The lowest BCUT2D eigenvalue weighted by molar-refractivity contribution is -0.130. The molecule has 0 saturated carbocycles. The summed E-state index contributed by atoms with van der Waals surface area (Å²) in [4.78, 5) is 20.9. The molecule has 142 valence electrons. The molecular formula is C20H25N5O2. The molecule has 0 aliphatic heterocycles. The molecule has 1 amide bonds. The molecule has 0 bridgehead atoms. The van der Waals surface area contributed by atoms with Crippen LogP contribution < -0.4 is 0 Å². The molecule has 2 aromatic heterocycles. The van der Waals surface area contributed by atoms with Crippen molar-refractivity contribution in [1.82, 2.24) is 25.1 Å². The molecule has 3 aromatic rings. The number of aromatic nitrogens is 4. The monoisotopic (exact) mass is 367 g/mol. The van der Waals surface area contributed by atoms with Gasteiger partial charge in [-0.25, -0.2) is 4.98 Å². The van der Waals surface area contributed by atoms with Gasteiger partial charge in [0.2, 0.25) is 17.7 Å². The molecule has 3 rings (SSSR count). The highest BCUT2D eigenvalue weighted by atomic mass is 16.4. The maximum atomic E-state index is 12.2. The van der Waals surface area contributed by atoms with Crippen molar-refractivity contribution in [2.45, 2.75) is 45.1 Å². The predicted molar refractivity (Wildman–Crippen MR) is 101 cm³/mol. The third-order valence-corrected chi connectivity index (χ3v) is 4.38. The average molecular weight is 367 g/mol. The van der Waals surface area contributed by atoms with E-state index in [4.69, 9.17) is 4.42 Å². The van der Waals surface area contributed by atoms with E-state index in [1.807, 2.05) is 6.07 Å². The van der Waals surface area contributed by atoms with Crippen molar-refractivity contribution in [2.75, 3.05) is 7.05 Å². The van der Waals surface area contributed by atoms with Gasteiger partial charge in [-0.2, -0.15) is 0 Å². The molecule has 1 aromatic carbocycles. The summed E-state index contributed by atoms with van der Waals surface area (Å²) in [7, 11) is 1.76. The van der Waals surface area contributed by atoms with Gasteiger partial charge in [-0.1, -0.05) is 30.3 Å². The standard InChI is InChI=1S/C20H25N5O2/c1-25(15-17-21-13-14-22-17)20(26)12-11-19-24-23-18(27-19)10-6-5-9-16-7-3-2-4-8-16/h2-4,7-8,13-14H,5-6,9-12,15H2,1H3,(H,21,22). The molecule has 1 N–H and O–H groups in total. The minimum Gasteiger partial charge on any atom is -0.425 e. The number of imidazole rings is 1. The first kappa shape index (κ1) is 18.8. The van der Waals surface area contributed by atoms with E-state index in [1.165, 1.54) is 5.56 Å². The Morgan fingerprint density at radius 1 is 1.07 bits per heavy atom. The molecule has 0 radical (unpaired) electrons. The molecule has 0 spiro atoms. The second-order valence-corrected chi connectivity index (χ2v) is 6.57. The van der Waals surface area contributed by atoms with E-state index < -0.39 is 0 Å². The molecule has 0 atom stereocenters. The predicted octanol–water partition coefficient (Wildman–Crippen LogP) is 2.95. The van der Waals surface area contributed by atoms with Crippen LogP contribution in [0.1, 0.15) is 42.4 Å². The Bertz CT molecular complexity index is 814. The van der Waals surface area contributed by atoms with E-state index in [9.17, 15) is 4.79 Å². The van der Waals surface area contributed by atoms with Crippen LogP contribution in [-0.4, -0.2) is 38.0 Å². The quantitative estimate of drug-likeness (QED) is 0.557. The van der Waals surface area contributed by atoms with Gasteiger partial charge in [0.15, 0.2) is 0 Å². The number of nitrogens with zero attached hydrogens (tertiary/aromatic N) is 4. The maximum absolute atomic E-state index is 12.2. The molecule has 0 aliphatic carbocycles. The molecule has 0 aliphatic rings. The Hall–Kier alpha value is -2.96. The number of rotatable bonds is 10. The molecular weight excluding hydrogens is 342 g/mol. The van der Waals surface area contributed by atoms with Crippen LogP contribution in [0.15, 0.2) is 47.1 Å². The van der Waals surface area contributed by atoms with Crippen LogP contribution in [0.4, 0.5) is 0 Å². The molecule has 7 nitrogen and oxygen atoms in total. The molecule has 0 saturated heterocycles. The van der Waals surface area contributed by atoms with Crippen LogP contribution in [0.5, 0.6) is 0 Å². The van der Waals surface area contributed by atoms with E-state index in [0.29, 0.717) is 31.2 Å².